The van der Waals surface area contributed by atoms with E-state index in [1.54, 1.807) is 0 Å². The second kappa shape index (κ2) is 8.97. The standard InChI is InChI=1S/C16H32O/c1-3-5-7-9-11-15-13-12-14(16(15)17)10-8-6-4-2/h14-17H,3-13H2,1-2H3. The number of aliphatic hydroxyl groups excluding tert-OH is 1. The van der Waals surface area contributed by atoms with E-state index in [1.165, 1.54) is 70.6 Å². The second-order valence-electron chi connectivity index (χ2n) is 5.93. The van der Waals surface area contributed by atoms with Crippen molar-refractivity contribution in [1.29, 1.82) is 0 Å². The predicted octanol–water partition coefficient (Wildman–Crippen LogP) is 4.92. The van der Waals surface area contributed by atoms with Crippen molar-refractivity contribution in [3.8, 4) is 0 Å². The van der Waals surface area contributed by atoms with Gasteiger partial charge < -0.3 is 5.11 Å². The van der Waals surface area contributed by atoms with Crippen LogP contribution in [-0.4, -0.2) is 11.2 Å². The fourth-order valence-corrected chi connectivity index (χ4v) is 3.27. The molecule has 1 nitrogen and oxygen atoms in total. The third-order valence-electron chi connectivity index (χ3n) is 4.48. The van der Waals surface area contributed by atoms with Crippen LogP contribution in [0.3, 0.4) is 0 Å². The lowest BCUT2D eigenvalue weighted by Gasteiger charge is -2.19. The molecule has 3 unspecified atom stereocenters. The lowest BCUT2D eigenvalue weighted by Crippen LogP contribution is -2.21. The smallest absolute Gasteiger partial charge is 0.0596 e. The first kappa shape index (κ1) is 15.0. The van der Waals surface area contributed by atoms with Gasteiger partial charge in [-0.25, -0.2) is 0 Å². The zero-order chi connectivity index (χ0) is 12.5. The van der Waals surface area contributed by atoms with Gasteiger partial charge in [0, 0.05) is 0 Å². The van der Waals surface area contributed by atoms with Crippen molar-refractivity contribution in [2.45, 2.75) is 90.6 Å². The summed E-state index contributed by atoms with van der Waals surface area (Å²) < 4.78 is 0. The summed E-state index contributed by atoms with van der Waals surface area (Å²) in [7, 11) is 0. The molecule has 0 bridgehead atoms. The Kier molecular flexibility index (Phi) is 7.92. The third-order valence-corrected chi connectivity index (χ3v) is 4.48. The molecular weight excluding hydrogens is 208 g/mol. The quantitative estimate of drug-likeness (QED) is 0.567. The van der Waals surface area contributed by atoms with Gasteiger partial charge >= 0.3 is 0 Å². The molecule has 1 N–H and O–H groups in total. The van der Waals surface area contributed by atoms with Gasteiger partial charge in [0.05, 0.1) is 6.10 Å². The Balaban J connectivity index is 2.12. The minimum Gasteiger partial charge on any atom is -0.393 e. The van der Waals surface area contributed by atoms with Crippen LogP contribution < -0.4 is 0 Å². The maximum atomic E-state index is 10.3. The highest BCUT2D eigenvalue weighted by molar-refractivity contribution is 4.84. The third kappa shape index (κ3) is 5.42. The summed E-state index contributed by atoms with van der Waals surface area (Å²) in [5.41, 5.74) is 0. The van der Waals surface area contributed by atoms with Crippen molar-refractivity contribution in [2.24, 2.45) is 11.8 Å². The summed E-state index contributed by atoms with van der Waals surface area (Å²) in [5.74, 6) is 1.25. The Hall–Kier alpha value is -0.0400. The summed E-state index contributed by atoms with van der Waals surface area (Å²) in [6.45, 7) is 4.51. The molecule has 1 saturated carbocycles. The second-order valence-corrected chi connectivity index (χ2v) is 5.93. The van der Waals surface area contributed by atoms with Crippen LogP contribution in [0.4, 0.5) is 0 Å². The van der Waals surface area contributed by atoms with Gasteiger partial charge in [-0.3, -0.25) is 0 Å². The topological polar surface area (TPSA) is 20.2 Å². The fraction of sp³-hybridized carbons (Fsp3) is 1.00. The van der Waals surface area contributed by atoms with Gasteiger partial charge in [0.15, 0.2) is 0 Å². The molecule has 17 heavy (non-hydrogen) atoms. The highest BCUT2D eigenvalue weighted by Gasteiger charge is 2.33. The number of hydrogen-bond donors (Lipinski definition) is 1. The molecule has 0 heterocycles. The summed E-state index contributed by atoms with van der Waals surface area (Å²) >= 11 is 0. The first-order valence-corrected chi connectivity index (χ1v) is 7.97. The van der Waals surface area contributed by atoms with Gasteiger partial charge in [-0.2, -0.15) is 0 Å². The Labute approximate surface area is 108 Å². The monoisotopic (exact) mass is 240 g/mol. The van der Waals surface area contributed by atoms with Gasteiger partial charge in [-0.05, 0) is 37.5 Å². The molecule has 102 valence electrons. The van der Waals surface area contributed by atoms with Crippen molar-refractivity contribution in [3.05, 3.63) is 0 Å². The molecule has 0 aromatic rings. The van der Waals surface area contributed by atoms with Gasteiger partial charge in [-0.15, -0.1) is 0 Å². The molecule has 0 saturated heterocycles. The number of hydrogen-bond acceptors (Lipinski definition) is 1. The van der Waals surface area contributed by atoms with Crippen molar-refractivity contribution in [3.63, 3.8) is 0 Å². The average molecular weight is 240 g/mol. The maximum absolute atomic E-state index is 10.3. The van der Waals surface area contributed by atoms with E-state index in [-0.39, 0.29) is 6.10 Å². The zero-order valence-corrected chi connectivity index (χ0v) is 12.0. The van der Waals surface area contributed by atoms with Crippen LogP contribution in [0.25, 0.3) is 0 Å². The molecule has 0 amide bonds. The summed E-state index contributed by atoms with van der Waals surface area (Å²) in [6.07, 6.45) is 14.4. The van der Waals surface area contributed by atoms with Gasteiger partial charge in [0.2, 0.25) is 0 Å². The van der Waals surface area contributed by atoms with Crippen LogP contribution in [0.5, 0.6) is 0 Å². The van der Waals surface area contributed by atoms with E-state index in [1.807, 2.05) is 0 Å². The van der Waals surface area contributed by atoms with Crippen LogP contribution in [-0.2, 0) is 0 Å². The van der Waals surface area contributed by atoms with E-state index >= 15 is 0 Å². The van der Waals surface area contributed by atoms with Gasteiger partial charge in [-0.1, -0.05) is 58.8 Å². The first-order valence-electron chi connectivity index (χ1n) is 7.97. The molecule has 0 spiro atoms. The van der Waals surface area contributed by atoms with Crippen LogP contribution >= 0.6 is 0 Å². The Morgan fingerprint density at radius 1 is 0.765 bits per heavy atom. The minimum absolute atomic E-state index is 0.0217. The number of rotatable bonds is 9. The van der Waals surface area contributed by atoms with E-state index in [2.05, 4.69) is 13.8 Å². The molecule has 1 aliphatic carbocycles. The van der Waals surface area contributed by atoms with E-state index in [4.69, 9.17) is 0 Å². The van der Waals surface area contributed by atoms with Crippen LogP contribution in [0.15, 0.2) is 0 Å². The number of unbranched alkanes of at least 4 members (excludes halogenated alkanes) is 5. The first-order chi connectivity index (χ1) is 8.29. The predicted molar refractivity (Wildman–Crippen MR) is 75.1 cm³/mol. The van der Waals surface area contributed by atoms with Crippen molar-refractivity contribution in [1.82, 2.24) is 0 Å². The largest absolute Gasteiger partial charge is 0.393 e. The Morgan fingerprint density at radius 2 is 1.24 bits per heavy atom. The Bertz CT molecular complexity index is 178. The minimum atomic E-state index is 0.0217. The van der Waals surface area contributed by atoms with E-state index in [0.717, 1.165) is 0 Å². The number of aliphatic hydroxyl groups is 1. The van der Waals surface area contributed by atoms with Crippen molar-refractivity contribution >= 4 is 0 Å². The van der Waals surface area contributed by atoms with E-state index < -0.39 is 0 Å². The Morgan fingerprint density at radius 3 is 1.76 bits per heavy atom. The summed E-state index contributed by atoms with van der Waals surface area (Å²) in [5, 5.41) is 10.3. The maximum Gasteiger partial charge on any atom is 0.0596 e. The zero-order valence-electron chi connectivity index (χ0n) is 12.0. The normalized spacial score (nSPS) is 28.8. The fourth-order valence-electron chi connectivity index (χ4n) is 3.27. The molecule has 0 radical (unpaired) electrons. The molecule has 0 aromatic carbocycles. The molecule has 1 fully saturated rings. The van der Waals surface area contributed by atoms with Gasteiger partial charge in [0.1, 0.15) is 0 Å². The average Bonchev–Trinajstić information content (AvgIpc) is 2.67. The molecule has 1 rings (SSSR count). The van der Waals surface area contributed by atoms with Crippen LogP contribution in [0.2, 0.25) is 0 Å². The highest BCUT2D eigenvalue weighted by Crippen LogP contribution is 2.37. The molecule has 0 aromatic heterocycles. The molecule has 1 aliphatic rings. The summed E-state index contributed by atoms with van der Waals surface area (Å²) in [6, 6.07) is 0. The van der Waals surface area contributed by atoms with Crippen LogP contribution in [0, 0.1) is 11.8 Å². The van der Waals surface area contributed by atoms with Crippen molar-refractivity contribution < 1.29 is 5.11 Å². The SMILES string of the molecule is CCCCCCC1CCC(CCCCC)C1O. The lowest BCUT2D eigenvalue weighted by atomic mass is 9.92. The molecule has 0 aliphatic heterocycles. The molecule has 3 atom stereocenters. The molecule has 1 heteroatoms. The van der Waals surface area contributed by atoms with E-state index in [9.17, 15) is 5.11 Å². The summed E-state index contributed by atoms with van der Waals surface area (Å²) in [4.78, 5) is 0. The lowest BCUT2D eigenvalue weighted by molar-refractivity contribution is 0.0815. The van der Waals surface area contributed by atoms with E-state index in [0.29, 0.717) is 11.8 Å². The molecular formula is C16H32O. The van der Waals surface area contributed by atoms with Crippen molar-refractivity contribution in [2.75, 3.05) is 0 Å². The van der Waals surface area contributed by atoms with Gasteiger partial charge in [0.25, 0.3) is 0 Å². The highest BCUT2D eigenvalue weighted by atomic mass is 16.3. The van der Waals surface area contributed by atoms with Crippen LogP contribution in [0.1, 0.15) is 84.5 Å².